The number of rotatable bonds is 2. The van der Waals surface area contributed by atoms with Crippen molar-refractivity contribution in [2.24, 2.45) is 5.92 Å². The molecule has 0 radical (unpaired) electrons. The lowest BCUT2D eigenvalue weighted by molar-refractivity contribution is 0.0904. The van der Waals surface area contributed by atoms with E-state index in [0.29, 0.717) is 18.0 Å². The molecule has 114 valence electrons. The van der Waals surface area contributed by atoms with E-state index in [4.69, 9.17) is 0 Å². The number of amides is 1. The lowest BCUT2D eigenvalue weighted by Gasteiger charge is -2.29. The second kappa shape index (κ2) is 5.66. The Hall–Kier alpha value is -1.58. The second-order valence-corrected chi connectivity index (χ2v) is 6.60. The number of nitrogens with one attached hydrogen (secondary N) is 2. The molecule has 0 aromatic carbocycles. The van der Waals surface area contributed by atoms with Gasteiger partial charge in [0.05, 0.1) is 0 Å². The smallest absolute Gasteiger partial charge is 0.268 e. The summed E-state index contributed by atoms with van der Waals surface area (Å²) < 4.78 is 0. The van der Waals surface area contributed by atoms with E-state index in [1.165, 1.54) is 19.3 Å². The van der Waals surface area contributed by atoms with Gasteiger partial charge in [-0.1, -0.05) is 19.8 Å². The van der Waals surface area contributed by atoms with Gasteiger partial charge in [0.2, 0.25) is 0 Å². The zero-order valence-electron chi connectivity index (χ0n) is 12.9. The molecule has 21 heavy (non-hydrogen) atoms. The van der Waals surface area contributed by atoms with E-state index in [2.05, 4.69) is 17.2 Å². The zero-order chi connectivity index (χ0) is 15.0. The number of Topliss-reactive ketones (excluding diaryl/α,β-unsaturated/α-hetero) is 1. The molecule has 0 saturated heterocycles. The Morgan fingerprint density at radius 3 is 2.67 bits per heavy atom. The molecule has 3 rings (SSSR count). The van der Waals surface area contributed by atoms with Crippen molar-refractivity contribution in [2.75, 3.05) is 0 Å². The van der Waals surface area contributed by atoms with E-state index < -0.39 is 0 Å². The molecule has 2 unspecified atom stereocenters. The van der Waals surface area contributed by atoms with E-state index >= 15 is 0 Å². The van der Waals surface area contributed by atoms with Crippen LogP contribution in [-0.2, 0) is 6.42 Å². The summed E-state index contributed by atoms with van der Waals surface area (Å²) in [6.07, 6.45) is 7.05. The standard InChI is InChI=1S/C17H24N2O2/c1-10-6-3-4-7-12(10)19-17(21)16-11(2)15-13(18-16)8-5-9-14(15)20/h10,12,18H,3-9H2,1-2H3,(H,19,21). The molecule has 1 fully saturated rings. The number of H-pyrrole nitrogens is 1. The van der Waals surface area contributed by atoms with Crippen molar-refractivity contribution >= 4 is 11.7 Å². The quantitative estimate of drug-likeness (QED) is 0.878. The highest BCUT2D eigenvalue weighted by Crippen LogP contribution is 2.28. The van der Waals surface area contributed by atoms with Crippen LogP contribution in [-0.4, -0.2) is 22.7 Å². The summed E-state index contributed by atoms with van der Waals surface area (Å²) >= 11 is 0. The van der Waals surface area contributed by atoms with Crippen molar-refractivity contribution < 1.29 is 9.59 Å². The van der Waals surface area contributed by atoms with Crippen LogP contribution in [0.25, 0.3) is 0 Å². The number of aryl methyl sites for hydroxylation is 1. The lowest BCUT2D eigenvalue weighted by atomic mass is 9.86. The average molecular weight is 288 g/mol. The molecule has 1 aromatic heterocycles. The summed E-state index contributed by atoms with van der Waals surface area (Å²) in [4.78, 5) is 27.8. The van der Waals surface area contributed by atoms with Gasteiger partial charge < -0.3 is 10.3 Å². The number of aromatic nitrogens is 1. The molecule has 0 spiro atoms. The van der Waals surface area contributed by atoms with E-state index in [9.17, 15) is 9.59 Å². The second-order valence-electron chi connectivity index (χ2n) is 6.60. The Morgan fingerprint density at radius 1 is 1.19 bits per heavy atom. The maximum absolute atomic E-state index is 12.6. The van der Waals surface area contributed by atoms with Crippen LogP contribution in [0.3, 0.4) is 0 Å². The van der Waals surface area contributed by atoms with Crippen molar-refractivity contribution in [3.8, 4) is 0 Å². The number of aromatic amines is 1. The molecule has 1 heterocycles. The third-order valence-corrected chi connectivity index (χ3v) is 5.09. The largest absolute Gasteiger partial charge is 0.354 e. The van der Waals surface area contributed by atoms with Gasteiger partial charge in [0.1, 0.15) is 5.69 Å². The van der Waals surface area contributed by atoms with Crippen molar-refractivity contribution in [3.05, 3.63) is 22.5 Å². The van der Waals surface area contributed by atoms with Gasteiger partial charge >= 0.3 is 0 Å². The summed E-state index contributed by atoms with van der Waals surface area (Å²) in [5, 5.41) is 3.17. The van der Waals surface area contributed by atoms with Crippen LogP contribution >= 0.6 is 0 Å². The van der Waals surface area contributed by atoms with Gasteiger partial charge in [0.25, 0.3) is 5.91 Å². The predicted octanol–water partition coefficient (Wildman–Crippen LogP) is 3.15. The maximum atomic E-state index is 12.6. The van der Waals surface area contributed by atoms with Gasteiger partial charge in [-0.15, -0.1) is 0 Å². The first-order valence-electron chi connectivity index (χ1n) is 8.13. The molecular formula is C17H24N2O2. The molecule has 2 atom stereocenters. The topological polar surface area (TPSA) is 62.0 Å². The van der Waals surface area contributed by atoms with Crippen LogP contribution in [0.15, 0.2) is 0 Å². The molecule has 2 aliphatic carbocycles. The lowest BCUT2D eigenvalue weighted by Crippen LogP contribution is -2.41. The molecule has 4 heteroatoms. The summed E-state index contributed by atoms with van der Waals surface area (Å²) in [6, 6.07) is 0.265. The average Bonchev–Trinajstić information content (AvgIpc) is 2.80. The van der Waals surface area contributed by atoms with Gasteiger partial charge in [0, 0.05) is 23.7 Å². The van der Waals surface area contributed by atoms with Crippen LogP contribution in [0.5, 0.6) is 0 Å². The minimum absolute atomic E-state index is 0.0477. The first-order chi connectivity index (χ1) is 10.1. The fourth-order valence-electron chi connectivity index (χ4n) is 3.77. The van der Waals surface area contributed by atoms with Gasteiger partial charge in [-0.2, -0.15) is 0 Å². The predicted molar refractivity (Wildman–Crippen MR) is 81.7 cm³/mol. The number of carbonyl (C=O) groups excluding carboxylic acids is 2. The Bertz CT molecular complexity index is 574. The normalized spacial score (nSPS) is 25.5. The fraction of sp³-hybridized carbons (Fsp3) is 0.647. The van der Waals surface area contributed by atoms with E-state index in [0.717, 1.165) is 36.1 Å². The van der Waals surface area contributed by atoms with Gasteiger partial charge in [0.15, 0.2) is 5.78 Å². The maximum Gasteiger partial charge on any atom is 0.268 e. The highest BCUT2D eigenvalue weighted by atomic mass is 16.2. The van der Waals surface area contributed by atoms with Crippen LogP contribution in [0.1, 0.15) is 77.6 Å². The minimum Gasteiger partial charge on any atom is -0.354 e. The van der Waals surface area contributed by atoms with Crippen molar-refractivity contribution in [2.45, 2.75) is 64.8 Å². The number of fused-ring (bicyclic) bond motifs is 1. The number of hydrogen-bond donors (Lipinski definition) is 2. The summed E-state index contributed by atoms with van der Waals surface area (Å²) in [7, 11) is 0. The molecule has 1 aromatic rings. The molecule has 2 N–H and O–H groups in total. The SMILES string of the molecule is Cc1c(C(=O)NC2CCCCC2C)[nH]c2c1C(=O)CCC2. The molecule has 1 saturated carbocycles. The molecule has 1 amide bonds. The van der Waals surface area contributed by atoms with Crippen LogP contribution in [0.2, 0.25) is 0 Å². The Labute approximate surface area is 125 Å². The van der Waals surface area contributed by atoms with E-state index in [-0.39, 0.29) is 17.7 Å². The van der Waals surface area contributed by atoms with Gasteiger partial charge in [-0.3, -0.25) is 9.59 Å². The highest BCUT2D eigenvalue weighted by molar-refractivity contribution is 6.04. The monoisotopic (exact) mass is 288 g/mol. The van der Waals surface area contributed by atoms with E-state index in [1.807, 2.05) is 6.92 Å². The van der Waals surface area contributed by atoms with Gasteiger partial charge in [-0.25, -0.2) is 0 Å². The van der Waals surface area contributed by atoms with Crippen molar-refractivity contribution in [3.63, 3.8) is 0 Å². The summed E-state index contributed by atoms with van der Waals surface area (Å²) in [5.41, 5.74) is 3.14. The zero-order valence-corrected chi connectivity index (χ0v) is 12.9. The van der Waals surface area contributed by atoms with Crippen LogP contribution in [0, 0.1) is 12.8 Å². The van der Waals surface area contributed by atoms with Gasteiger partial charge in [-0.05, 0) is 44.1 Å². The Morgan fingerprint density at radius 2 is 1.95 bits per heavy atom. The number of carbonyl (C=O) groups is 2. The highest BCUT2D eigenvalue weighted by Gasteiger charge is 2.28. The fourth-order valence-corrected chi connectivity index (χ4v) is 3.77. The summed E-state index contributed by atoms with van der Waals surface area (Å²) in [6.45, 7) is 4.10. The van der Waals surface area contributed by atoms with E-state index in [1.54, 1.807) is 0 Å². The van der Waals surface area contributed by atoms with Crippen LogP contribution in [0.4, 0.5) is 0 Å². The molecule has 2 aliphatic rings. The third-order valence-electron chi connectivity index (χ3n) is 5.09. The third kappa shape index (κ3) is 2.63. The summed E-state index contributed by atoms with van der Waals surface area (Å²) in [5.74, 6) is 0.665. The number of hydrogen-bond acceptors (Lipinski definition) is 2. The molecule has 0 aliphatic heterocycles. The Kier molecular flexibility index (Phi) is 3.87. The van der Waals surface area contributed by atoms with Crippen molar-refractivity contribution in [1.29, 1.82) is 0 Å². The van der Waals surface area contributed by atoms with Crippen molar-refractivity contribution in [1.82, 2.24) is 10.3 Å². The molecule has 0 bridgehead atoms. The first-order valence-corrected chi connectivity index (χ1v) is 8.13. The molecule has 4 nitrogen and oxygen atoms in total. The van der Waals surface area contributed by atoms with Crippen LogP contribution < -0.4 is 5.32 Å². The Balaban J connectivity index is 1.80. The first kappa shape index (κ1) is 14.4. The number of ketones is 1. The minimum atomic E-state index is -0.0477. The molecular weight excluding hydrogens is 264 g/mol.